The van der Waals surface area contributed by atoms with Gasteiger partial charge in [-0.05, 0) is 44.2 Å². The predicted octanol–water partition coefficient (Wildman–Crippen LogP) is 3.23. The summed E-state index contributed by atoms with van der Waals surface area (Å²) in [5, 5.41) is 3.02. The van der Waals surface area contributed by atoms with Gasteiger partial charge in [0, 0.05) is 19.1 Å². The Balaban J connectivity index is 1.71. The second-order valence-electron chi connectivity index (χ2n) is 6.79. The fourth-order valence-electron chi connectivity index (χ4n) is 2.86. The van der Waals surface area contributed by atoms with Crippen LogP contribution in [0.4, 0.5) is 0 Å². The molecule has 0 saturated carbocycles. The first-order chi connectivity index (χ1) is 12.6. The summed E-state index contributed by atoms with van der Waals surface area (Å²) in [5.41, 5.74) is 2.85. The van der Waals surface area contributed by atoms with Crippen LogP contribution in [-0.4, -0.2) is 37.1 Å². The van der Waals surface area contributed by atoms with E-state index in [9.17, 15) is 4.79 Å². The third kappa shape index (κ3) is 4.17. The van der Waals surface area contributed by atoms with E-state index < -0.39 is 0 Å². The molecular weight excluding hydrogens is 328 g/mol. The lowest BCUT2D eigenvalue weighted by Crippen LogP contribution is -2.28. The first-order valence-corrected chi connectivity index (χ1v) is 9.00. The number of rotatable bonds is 6. The zero-order valence-electron chi connectivity index (χ0n) is 15.6. The highest BCUT2D eigenvalue weighted by Gasteiger charge is 2.20. The van der Waals surface area contributed by atoms with Crippen LogP contribution in [-0.2, 0) is 13.1 Å². The van der Waals surface area contributed by atoms with E-state index in [2.05, 4.69) is 43.2 Å². The summed E-state index contributed by atoms with van der Waals surface area (Å²) in [6.45, 7) is 6.64. The van der Waals surface area contributed by atoms with Crippen molar-refractivity contribution in [2.24, 2.45) is 0 Å². The monoisotopic (exact) mass is 354 g/mol. The molecule has 0 radical (unpaired) electrons. The van der Waals surface area contributed by atoms with Gasteiger partial charge >= 0.3 is 0 Å². The van der Waals surface area contributed by atoms with E-state index in [4.69, 9.17) is 9.47 Å². The van der Waals surface area contributed by atoms with Crippen LogP contribution in [0.2, 0.25) is 0 Å². The zero-order chi connectivity index (χ0) is 18.5. The second-order valence-corrected chi connectivity index (χ2v) is 6.79. The number of carbonyl (C=O) groups is 1. The normalized spacial score (nSPS) is 13.1. The Morgan fingerprint density at radius 2 is 1.81 bits per heavy atom. The average Bonchev–Trinajstić information content (AvgIpc) is 2.66. The Hall–Kier alpha value is -2.53. The highest BCUT2D eigenvalue weighted by molar-refractivity contribution is 5.97. The van der Waals surface area contributed by atoms with Crippen molar-refractivity contribution < 1.29 is 14.3 Å². The zero-order valence-corrected chi connectivity index (χ0v) is 15.6. The number of benzene rings is 2. The van der Waals surface area contributed by atoms with Crippen molar-refractivity contribution in [3.63, 3.8) is 0 Å². The van der Waals surface area contributed by atoms with Gasteiger partial charge in [-0.25, -0.2) is 0 Å². The molecule has 1 aliphatic heterocycles. The molecule has 0 aliphatic carbocycles. The van der Waals surface area contributed by atoms with E-state index in [1.807, 2.05) is 24.3 Å². The maximum atomic E-state index is 12.7. The molecule has 26 heavy (non-hydrogen) atoms. The molecule has 1 amide bonds. The Morgan fingerprint density at radius 1 is 1.08 bits per heavy atom. The van der Waals surface area contributed by atoms with Crippen molar-refractivity contribution in [1.29, 1.82) is 0 Å². The highest BCUT2D eigenvalue weighted by atomic mass is 16.6. The fourth-order valence-corrected chi connectivity index (χ4v) is 2.86. The molecule has 0 atom stereocenters. The van der Waals surface area contributed by atoms with Crippen LogP contribution in [0.5, 0.6) is 11.5 Å². The van der Waals surface area contributed by atoms with Gasteiger partial charge in [-0.2, -0.15) is 0 Å². The van der Waals surface area contributed by atoms with Crippen LogP contribution in [0.15, 0.2) is 42.5 Å². The summed E-state index contributed by atoms with van der Waals surface area (Å²) in [5.74, 6) is 1.01. The number of nitrogens with zero attached hydrogens (tertiary/aromatic N) is 1. The Kier molecular flexibility index (Phi) is 5.78. The van der Waals surface area contributed by atoms with Crippen molar-refractivity contribution in [1.82, 2.24) is 10.2 Å². The smallest absolute Gasteiger partial charge is 0.255 e. The molecule has 138 valence electrons. The molecule has 1 heterocycles. The van der Waals surface area contributed by atoms with Crippen molar-refractivity contribution in [3.8, 4) is 11.5 Å². The van der Waals surface area contributed by atoms with Crippen LogP contribution < -0.4 is 14.8 Å². The molecule has 0 spiro atoms. The highest BCUT2D eigenvalue weighted by Crippen LogP contribution is 2.33. The maximum absolute atomic E-state index is 12.7. The lowest BCUT2D eigenvalue weighted by Gasteiger charge is -2.23. The topological polar surface area (TPSA) is 50.8 Å². The van der Waals surface area contributed by atoms with Crippen LogP contribution in [0.3, 0.4) is 0 Å². The first-order valence-electron chi connectivity index (χ1n) is 9.00. The van der Waals surface area contributed by atoms with Crippen molar-refractivity contribution in [3.05, 3.63) is 59.2 Å². The molecule has 3 rings (SSSR count). The maximum Gasteiger partial charge on any atom is 0.255 e. The number of hydrogen-bond donors (Lipinski definition) is 1. The number of fused-ring (bicyclic) bond motifs is 1. The summed E-state index contributed by atoms with van der Waals surface area (Å²) in [6, 6.07) is 14.1. The van der Waals surface area contributed by atoms with Gasteiger partial charge in [0.25, 0.3) is 5.91 Å². The van der Waals surface area contributed by atoms with Crippen LogP contribution in [0.25, 0.3) is 0 Å². The van der Waals surface area contributed by atoms with Gasteiger partial charge in [0.2, 0.25) is 0 Å². The Bertz CT molecular complexity index is 774. The average molecular weight is 354 g/mol. The van der Waals surface area contributed by atoms with Crippen molar-refractivity contribution in [2.75, 3.05) is 20.3 Å². The number of para-hydroxylation sites is 1. The molecule has 0 unspecified atom stereocenters. The van der Waals surface area contributed by atoms with Crippen LogP contribution in [0, 0.1) is 0 Å². The Morgan fingerprint density at radius 3 is 2.58 bits per heavy atom. The standard InChI is InChI=1S/C21H26N2O3/c1-15(2)23(3)14-17-8-5-4-7-16(17)13-22-21(24)18-9-6-10-19-20(18)26-12-11-25-19/h4-10,15H,11-14H2,1-3H3,(H,22,24). The summed E-state index contributed by atoms with van der Waals surface area (Å²) in [4.78, 5) is 15.0. The molecule has 1 aliphatic rings. The molecule has 0 aromatic heterocycles. The van der Waals surface area contributed by atoms with Gasteiger partial charge in [0.15, 0.2) is 11.5 Å². The van der Waals surface area contributed by atoms with Crippen molar-refractivity contribution >= 4 is 5.91 Å². The minimum Gasteiger partial charge on any atom is -0.486 e. The lowest BCUT2D eigenvalue weighted by molar-refractivity contribution is 0.0939. The number of hydrogen-bond acceptors (Lipinski definition) is 4. The minimum atomic E-state index is -0.153. The summed E-state index contributed by atoms with van der Waals surface area (Å²) < 4.78 is 11.2. The molecule has 2 aromatic carbocycles. The van der Waals surface area contributed by atoms with Gasteiger partial charge < -0.3 is 14.8 Å². The van der Waals surface area contributed by atoms with Crippen LogP contribution in [0.1, 0.15) is 35.3 Å². The summed E-state index contributed by atoms with van der Waals surface area (Å²) in [7, 11) is 2.10. The van der Waals surface area contributed by atoms with Crippen LogP contribution >= 0.6 is 0 Å². The molecule has 0 saturated heterocycles. The van der Waals surface area contributed by atoms with Gasteiger partial charge in [-0.3, -0.25) is 9.69 Å². The quantitative estimate of drug-likeness (QED) is 0.865. The largest absolute Gasteiger partial charge is 0.486 e. The molecular formula is C21H26N2O3. The SMILES string of the molecule is CC(C)N(C)Cc1ccccc1CNC(=O)c1cccc2c1OCCO2. The predicted molar refractivity (Wildman–Crippen MR) is 102 cm³/mol. The van der Waals surface area contributed by atoms with Gasteiger partial charge in [-0.15, -0.1) is 0 Å². The van der Waals surface area contributed by atoms with Gasteiger partial charge in [0.05, 0.1) is 5.56 Å². The van der Waals surface area contributed by atoms with Crippen molar-refractivity contribution in [2.45, 2.75) is 33.0 Å². The lowest BCUT2D eigenvalue weighted by atomic mass is 10.1. The molecule has 5 nitrogen and oxygen atoms in total. The molecule has 0 fully saturated rings. The van der Waals surface area contributed by atoms with E-state index in [0.29, 0.717) is 42.9 Å². The third-order valence-electron chi connectivity index (χ3n) is 4.67. The molecule has 2 aromatic rings. The molecule has 1 N–H and O–H groups in total. The van der Waals surface area contributed by atoms with Gasteiger partial charge in [-0.1, -0.05) is 30.3 Å². The number of carbonyl (C=O) groups excluding carboxylic acids is 1. The van der Waals surface area contributed by atoms with E-state index in [1.165, 1.54) is 5.56 Å². The minimum absolute atomic E-state index is 0.153. The van der Waals surface area contributed by atoms with E-state index in [0.717, 1.165) is 12.1 Å². The van der Waals surface area contributed by atoms with E-state index in [-0.39, 0.29) is 5.91 Å². The van der Waals surface area contributed by atoms with E-state index in [1.54, 1.807) is 6.07 Å². The fraction of sp³-hybridized carbons (Fsp3) is 0.381. The Labute approximate surface area is 154 Å². The summed E-state index contributed by atoms with van der Waals surface area (Å²) in [6.07, 6.45) is 0. The first kappa shape index (κ1) is 18.3. The molecule has 5 heteroatoms. The number of nitrogens with one attached hydrogen (secondary N) is 1. The number of ether oxygens (including phenoxy) is 2. The summed E-state index contributed by atoms with van der Waals surface area (Å²) >= 11 is 0. The van der Waals surface area contributed by atoms with Gasteiger partial charge in [0.1, 0.15) is 13.2 Å². The third-order valence-corrected chi connectivity index (χ3v) is 4.67. The number of amides is 1. The molecule has 0 bridgehead atoms. The van der Waals surface area contributed by atoms with E-state index >= 15 is 0 Å². The second kappa shape index (κ2) is 8.23.